The normalized spacial score (nSPS) is 14.4. The average Bonchev–Trinajstić information content (AvgIpc) is 3.28. The number of rotatable bonds is 5. The zero-order chi connectivity index (χ0) is 23.7. The van der Waals surface area contributed by atoms with E-state index in [9.17, 15) is 9.59 Å². The van der Waals surface area contributed by atoms with Crippen molar-refractivity contribution in [3.8, 4) is 22.3 Å². The van der Waals surface area contributed by atoms with Crippen molar-refractivity contribution >= 4 is 22.8 Å². The molecular formula is C27H27N5O2. The van der Waals surface area contributed by atoms with Gasteiger partial charge >= 0.3 is 0 Å². The minimum Gasteiger partial charge on any atom is -0.366 e. The maximum Gasteiger partial charge on any atom is 0.248 e. The van der Waals surface area contributed by atoms with Crippen LogP contribution in [0, 0.1) is 0 Å². The fraction of sp³-hybridized carbons (Fsp3) is 0.222. The summed E-state index contributed by atoms with van der Waals surface area (Å²) in [6.07, 6.45) is 3.82. The maximum absolute atomic E-state index is 11.5. The minimum absolute atomic E-state index is 0.155. The molecule has 0 atom stereocenters. The van der Waals surface area contributed by atoms with Crippen LogP contribution in [0.1, 0.15) is 22.8 Å². The summed E-state index contributed by atoms with van der Waals surface area (Å²) in [4.78, 5) is 35.0. The Hall–Kier alpha value is -3.97. The van der Waals surface area contributed by atoms with Gasteiger partial charge in [-0.1, -0.05) is 36.4 Å². The third kappa shape index (κ3) is 4.43. The van der Waals surface area contributed by atoms with Crippen molar-refractivity contribution in [2.45, 2.75) is 13.5 Å². The molecule has 1 aliphatic rings. The van der Waals surface area contributed by atoms with Crippen molar-refractivity contribution in [3.63, 3.8) is 0 Å². The number of carbonyl (C=O) groups excluding carboxylic acids is 2. The Labute approximate surface area is 198 Å². The van der Waals surface area contributed by atoms with Gasteiger partial charge in [-0.25, -0.2) is 4.98 Å². The standard InChI is InChI=1S/C27H27N5O2/c1-18(33)32-12-10-31(11-13-32)17-19-2-4-20(5-3-19)23-14-24-25(16-30-27(24)29-15-23)21-6-8-22(9-7-21)26(28)34/h2-9,14-16H,10-13,17H2,1H3,(H2,28,34)(H,29,30). The first kappa shape index (κ1) is 21.9. The zero-order valence-electron chi connectivity index (χ0n) is 19.1. The molecule has 0 spiro atoms. The quantitative estimate of drug-likeness (QED) is 0.482. The first-order valence-corrected chi connectivity index (χ1v) is 11.4. The van der Waals surface area contributed by atoms with Gasteiger partial charge in [0.15, 0.2) is 0 Å². The Morgan fingerprint density at radius 1 is 0.941 bits per heavy atom. The number of nitrogens with two attached hydrogens (primary N) is 1. The van der Waals surface area contributed by atoms with Crippen LogP contribution in [-0.4, -0.2) is 57.8 Å². The molecule has 0 unspecified atom stereocenters. The molecule has 0 aliphatic carbocycles. The molecule has 0 radical (unpaired) electrons. The molecule has 4 aromatic rings. The van der Waals surface area contributed by atoms with Crippen molar-refractivity contribution in [2.75, 3.05) is 26.2 Å². The minimum atomic E-state index is -0.434. The number of amides is 2. The number of H-pyrrole nitrogens is 1. The van der Waals surface area contributed by atoms with Crippen LogP contribution < -0.4 is 5.73 Å². The van der Waals surface area contributed by atoms with Gasteiger partial charge in [0.2, 0.25) is 11.8 Å². The highest BCUT2D eigenvalue weighted by atomic mass is 16.2. The van der Waals surface area contributed by atoms with Crippen LogP contribution in [0.15, 0.2) is 67.0 Å². The van der Waals surface area contributed by atoms with Gasteiger partial charge in [-0.3, -0.25) is 14.5 Å². The third-order valence-electron chi connectivity index (χ3n) is 6.52. The lowest BCUT2D eigenvalue weighted by molar-refractivity contribution is -0.130. The zero-order valence-corrected chi connectivity index (χ0v) is 19.1. The van der Waals surface area contributed by atoms with E-state index in [0.717, 1.165) is 66.0 Å². The number of nitrogens with one attached hydrogen (secondary N) is 1. The van der Waals surface area contributed by atoms with Crippen molar-refractivity contribution < 1.29 is 9.59 Å². The highest BCUT2D eigenvalue weighted by molar-refractivity contribution is 5.97. The van der Waals surface area contributed by atoms with Gasteiger partial charge in [-0.2, -0.15) is 0 Å². The molecule has 0 saturated carbocycles. The largest absolute Gasteiger partial charge is 0.366 e. The van der Waals surface area contributed by atoms with Gasteiger partial charge in [0, 0.05) is 74.1 Å². The van der Waals surface area contributed by atoms with Crippen LogP contribution in [0.4, 0.5) is 0 Å². The molecule has 0 bridgehead atoms. The van der Waals surface area contributed by atoms with E-state index in [-0.39, 0.29) is 5.91 Å². The summed E-state index contributed by atoms with van der Waals surface area (Å²) >= 11 is 0. The third-order valence-corrected chi connectivity index (χ3v) is 6.52. The smallest absolute Gasteiger partial charge is 0.248 e. The topological polar surface area (TPSA) is 95.3 Å². The van der Waals surface area contributed by atoms with Crippen LogP contribution in [-0.2, 0) is 11.3 Å². The Balaban J connectivity index is 1.34. The van der Waals surface area contributed by atoms with E-state index in [4.69, 9.17) is 5.73 Å². The molecular weight excluding hydrogens is 426 g/mol. The van der Waals surface area contributed by atoms with E-state index in [0.29, 0.717) is 5.56 Å². The predicted octanol–water partition coefficient (Wildman–Crippen LogP) is 3.66. The molecule has 7 nitrogen and oxygen atoms in total. The van der Waals surface area contributed by atoms with E-state index in [1.54, 1.807) is 19.1 Å². The SMILES string of the molecule is CC(=O)N1CCN(Cc2ccc(-c3cnc4[nH]cc(-c5ccc(C(N)=O)cc5)c4c3)cc2)CC1. The van der Waals surface area contributed by atoms with Crippen LogP contribution in [0.5, 0.6) is 0 Å². The molecule has 1 fully saturated rings. The first-order chi connectivity index (χ1) is 16.5. The fourth-order valence-corrected chi connectivity index (χ4v) is 4.50. The van der Waals surface area contributed by atoms with Crippen molar-refractivity contribution in [2.24, 2.45) is 5.73 Å². The van der Waals surface area contributed by atoms with E-state index < -0.39 is 5.91 Å². The van der Waals surface area contributed by atoms with Crippen LogP contribution in [0.2, 0.25) is 0 Å². The molecule has 2 aromatic carbocycles. The van der Waals surface area contributed by atoms with Crippen LogP contribution >= 0.6 is 0 Å². The lowest BCUT2D eigenvalue weighted by Gasteiger charge is -2.34. The molecule has 1 aliphatic heterocycles. The molecule has 5 rings (SSSR count). The van der Waals surface area contributed by atoms with Crippen molar-refractivity contribution in [3.05, 3.63) is 78.1 Å². The number of nitrogens with zero attached hydrogens (tertiary/aromatic N) is 3. The number of fused-ring (bicyclic) bond motifs is 1. The Kier molecular flexibility index (Phi) is 5.86. The molecule has 7 heteroatoms. The highest BCUT2D eigenvalue weighted by Gasteiger charge is 2.18. The number of hydrogen-bond acceptors (Lipinski definition) is 4. The van der Waals surface area contributed by atoms with Crippen molar-refractivity contribution in [1.29, 1.82) is 0 Å². The number of primary amides is 1. The number of carbonyl (C=O) groups is 2. The highest BCUT2D eigenvalue weighted by Crippen LogP contribution is 2.31. The van der Waals surface area contributed by atoms with Gasteiger partial charge in [0.05, 0.1) is 0 Å². The monoisotopic (exact) mass is 453 g/mol. The lowest BCUT2D eigenvalue weighted by Crippen LogP contribution is -2.47. The number of benzene rings is 2. The molecule has 2 aromatic heterocycles. The van der Waals surface area contributed by atoms with E-state index >= 15 is 0 Å². The number of pyridine rings is 1. The van der Waals surface area contributed by atoms with E-state index in [2.05, 4.69) is 45.2 Å². The molecule has 1 saturated heterocycles. The number of aromatic nitrogens is 2. The fourth-order valence-electron chi connectivity index (χ4n) is 4.50. The average molecular weight is 454 g/mol. The summed E-state index contributed by atoms with van der Waals surface area (Å²) in [6.45, 7) is 5.91. The van der Waals surface area contributed by atoms with Gasteiger partial charge in [-0.15, -0.1) is 0 Å². The van der Waals surface area contributed by atoms with Gasteiger partial charge in [-0.05, 0) is 34.9 Å². The lowest BCUT2D eigenvalue weighted by atomic mass is 10.0. The van der Waals surface area contributed by atoms with Gasteiger partial charge < -0.3 is 15.6 Å². The maximum atomic E-state index is 11.5. The van der Waals surface area contributed by atoms with Crippen molar-refractivity contribution in [1.82, 2.24) is 19.8 Å². The summed E-state index contributed by atoms with van der Waals surface area (Å²) < 4.78 is 0. The van der Waals surface area contributed by atoms with E-state index in [1.807, 2.05) is 29.4 Å². The summed E-state index contributed by atoms with van der Waals surface area (Å²) in [7, 11) is 0. The molecule has 3 N–H and O–H groups in total. The molecule has 34 heavy (non-hydrogen) atoms. The molecule has 172 valence electrons. The van der Waals surface area contributed by atoms with Crippen LogP contribution in [0.3, 0.4) is 0 Å². The van der Waals surface area contributed by atoms with E-state index in [1.165, 1.54) is 5.56 Å². The number of piperazine rings is 1. The second-order valence-corrected chi connectivity index (χ2v) is 8.74. The first-order valence-electron chi connectivity index (χ1n) is 11.4. The number of hydrogen-bond donors (Lipinski definition) is 2. The second-order valence-electron chi connectivity index (χ2n) is 8.74. The van der Waals surface area contributed by atoms with Crippen LogP contribution in [0.25, 0.3) is 33.3 Å². The predicted molar refractivity (Wildman–Crippen MR) is 133 cm³/mol. The Bertz CT molecular complexity index is 1330. The second kappa shape index (κ2) is 9.11. The number of aromatic amines is 1. The van der Waals surface area contributed by atoms with Gasteiger partial charge in [0.1, 0.15) is 5.65 Å². The summed E-state index contributed by atoms with van der Waals surface area (Å²) in [5.74, 6) is -0.279. The Morgan fingerprint density at radius 2 is 1.62 bits per heavy atom. The van der Waals surface area contributed by atoms with Gasteiger partial charge in [0.25, 0.3) is 0 Å². The Morgan fingerprint density at radius 3 is 2.26 bits per heavy atom. The summed E-state index contributed by atoms with van der Waals surface area (Å²) in [5, 5.41) is 1.02. The summed E-state index contributed by atoms with van der Waals surface area (Å²) in [5.41, 5.74) is 12.1. The summed E-state index contributed by atoms with van der Waals surface area (Å²) in [6, 6.07) is 18.0. The molecule has 2 amide bonds. The molecule has 3 heterocycles.